The van der Waals surface area contributed by atoms with Crippen LogP contribution in [0.25, 0.3) is 6.08 Å². The van der Waals surface area contributed by atoms with Crippen LogP contribution in [-0.2, 0) is 14.4 Å². The van der Waals surface area contributed by atoms with Gasteiger partial charge >= 0.3 is 5.97 Å². The number of nitrogens with one attached hydrogen (secondary N) is 1. The number of carbonyl (C=O) groups excluding carboxylic acids is 2. The number of hydrogen-bond acceptors (Lipinski definition) is 6. The summed E-state index contributed by atoms with van der Waals surface area (Å²) >= 11 is 5.26. The highest BCUT2D eigenvalue weighted by Crippen LogP contribution is 2.31. The van der Waals surface area contributed by atoms with Crippen molar-refractivity contribution in [3.05, 3.63) is 58.7 Å². The Morgan fingerprint density at radius 3 is 2.56 bits per heavy atom. The van der Waals surface area contributed by atoms with E-state index in [1.165, 1.54) is 31.1 Å². The summed E-state index contributed by atoms with van der Waals surface area (Å²) in [6.07, 6.45) is 0.343. The van der Waals surface area contributed by atoms with Crippen molar-refractivity contribution in [2.24, 2.45) is 0 Å². The van der Waals surface area contributed by atoms with Crippen molar-refractivity contribution in [1.82, 2.24) is 5.32 Å². The van der Waals surface area contributed by atoms with Crippen LogP contribution in [0.1, 0.15) is 23.6 Å². The second-order valence-corrected chi connectivity index (χ2v) is 7.57. The van der Waals surface area contributed by atoms with Gasteiger partial charge in [-0.2, -0.15) is 0 Å². The molecule has 32 heavy (non-hydrogen) atoms. The third-order valence-corrected chi connectivity index (χ3v) is 5.35. The molecule has 2 aromatic carbocycles. The standard InChI is InChI=1S/C23H22N2O6S/c1-12-6-5-7-17(13(12)2)25-21(27)16(20(26)24-23(25)32)10-15-8-9-18(19(11-15)30-4)31-14(3)22(28)29/h5-11,14H,1-4H3,(H,28,29)(H,24,26,32)/b16-10-/t14-/m0/s1. The first-order valence-electron chi connectivity index (χ1n) is 9.69. The number of rotatable bonds is 6. The van der Waals surface area contributed by atoms with Gasteiger partial charge in [-0.3, -0.25) is 19.8 Å². The fraction of sp³-hybridized carbons (Fsp3) is 0.217. The maximum absolute atomic E-state index is 13.2. The molecule has 1 fully saturated rings. The predicted octanol–water partition coefficient (Wildman–Crippen LogP) is 3.00. The normalized spacial score (nSPS) is 16.1. The minimum atomic E-state index is -1.12. The number of thiocarbonyl (C=S) groups is 1. The van der Waals surface area contributed by atoms with Crippen molar-refractivity contribution in [3.63, 3.8) is 0 Å². The lowest BCUT2D eigenvalue weighted by molar-refractivity contribution is -0.144. The van der Waals surface area contributed by atoms with Crippen molar-refractivity contribution in [2.45, 2.75) is 26.9 Å². The van der Waals surface area contributed by atoms with Gasteiger partial charge in [0.2, 0.25) is 0 Å². The lowest BCUT2D eigenvalue weighted by Crippen LogP contribution is -2.54. The van der Waals surface area contributed by atoms with Crippen LogP contribution in [-0.4, -0.2) is 41.2 Å². The van der Waals surface area contributed by atoms with Crippen LogP contribution in [0.2, 0.25) is 0 Å². The molecule has 1 heterocycles. The number of anilines is 1. The Morgan fingerprint density at radius 2 is 1.91 bits per heavy atom. The van der Waals surface area contributed by atoms with Gasteiger partial charge in [0.1, 0.15) is 5.57 Å². The predicted molar refractivity (Wildman–Crippen MR) is 123 cm³/mol. The van der Waals surface area contributed by atoms with Crippen molar-refractivity contribution in [1.29, 1.82) is 0 Å². The van der Waals surface area contributed by atoms with Crippen LogP contribution in [0.4, 0.5) is 5.69 Å². The highest BCUT2D eigenvalue weighted by atomic mass is 32.1. The molecular weight excluding hydrogens is 432 g/mol. The van der Waals surface area contributed by atoms with E-state index in [2.05, 4.69) is 5.32 Å². The molecule has 1 saturated heterocycles. The molecule has 8 nitrogen and oxygen atoms in total. The second kappa shape index (κ2) is 9.19. The van der Waals surface area contributed by atoms with Crippen molar-refractivity contribution < 1.29 is 29.0 Å². The number of benzene rings is 2. The zero-order valence-corrected chi connectivity index (χ0v) is 18.8. The molecule has 0 spiro atoms. The molecule has 1 atom stereocenters. The number of nitrogens with zero attached hydrogens (tertiary/aromatic N) is 1. The molecule has 166 valence electrons. The summed E-state index contributed by atoms with van der Waals surface area (Å²) in [5, 5.41) is 11.6. The maximum atomic E-state index is 13.2. The Bertz CT molecular complexity index is 1160. The van der Waals surface area contributed by atoms with E-state index in [0.29, 0.717) is 11.3 Å². The lowest BCUT2D eigenvalue weighted by Gasteiger charge is -2.30. The average Bonchev–Trinajstić information content (AvgIpc) is 2.74. The molecule has 2 N–H and O–H groups in total. The van der Waals surface area contributed by atoms with E-state index in [0.717, 1.165) is 11.1 Å². The number of methoxy groups -OCH3 is 1. The molecule has 0 aliphatic carbocycles. The van der Waals surface area contributed by atoms with Gasteiger partial charge in [-0.1, -0.05) is 18.2 Å². The molecule has 0 saturated carbocycles. The van der Waals surface area contributed by atoms with Crippen molar-refractivity contribution in [2.75, 3.05) is 12.0 Å². The fourth-order valence-corrected chi connectivity index (χ4v) is 3.41. The highest BCUT2D eigenvalue weighted by molar-refractivity contribution is 7.80. The Hall–Kier alpha value is -3.72. The van der Waals surface area contributed by atoms with Crippen LogP contribution in [0, 0.1) is 13.8 Å². The summed E-state index contributed by atoms with van der Waals surface area (Å²) in [4.78, 5) is 38.2. The molecule has 0 aromatic heterocycles. The van der Waals surface area contributed by atoms with E-state index in [-0.39, 0.29) is 22.2 Å². The number of aliphatic carboxylic acids is 1. The van der Waals surface area contributed by atoms with Crippen LogP contribution >= 0.6 is 12.2 Å². The first kappa shape index (κ1) is 23.0. The Balaban J connectivity index is 1.99. The zero-order valence-electron chi connectivity index (χ0n) is 18.0. The van der Waals surface area contributed by atoms with E-state index >= 15 is 0 Å². The monoisotopic (exact) mass is 454 g/mol. The van der Waals surface area contributed by atoms with Gasteiger partial charge in [0.25, 0.3) is 11.8 Å². The van der Waals surface area contributed by atoms with Crippen molar-refractivity contribution in [3.8, 4) is 11.5 Å². The topological polar surface area (TPSA) is 105 Å². The Morgan fingerprint density at radius 1 is 1.19 bits per heavy atom. The molecule has 0 bridgehead atoms. The number of amides is 2. The van der Waals surface area contributed by atoms with Crippen LogP contribution in [0.15, 0.2) is 42.0 Å². The third kappa shape index (κ3) is 4.47. The van der Waals surface area contributed by atoms with E-state index in [1.807, 2.05) is 26.0 Å². The zero-order chi connectivity index (χ0) is 23.6. The Kier molecular flexibility index (Phi) is 6.59. The largest absolute Gasteiger partial charge is 0.493 e. The number of carboxylic acids is 1. The molecule has 1 aliphatic rings. The van der Waals surface area contributed by atoms with E-state index in [9.17, 15) is 14.4 Å². The van der Waals surface area contributed by atoms with Gasteiger partial charge in [-0.25, -0.2) is 4.79 Å². The number of carbonyl (C=O) groups is 3. The quantitative estimate of drug-likeness (QED) is 0.393. The van der Waals surface area contributed by atoms with Gasteiger partial charge in [0, 0.05) is 0 Å². The number of hydrogen-bond donors (Lipinski definition) is 2. The van der Waals surface area contributed by atoms with Crippen LogP contribution in [0.3, 0.4) is 0 Å². The maximum Gasteiger partial charge on any atom is 0.344 e. The minimum absolute atomic E-state index is 0.00911. The summed E-state index contributed by atoms with van der Waals surface area (Å²) in [6, 6.07) is 10.2. The van der Waals surface area contributed by atoms with E-state index in [1.54, 1.807) is 18.2 Å². The summed E-state index contributed by atoms with van der Waals surface area (Å²) < 4.78 is 10.7. The fourth-order valence-electron chi connectivity index (χ4n) is 3.13. The number of aryl methyl sites for hydroxylation is 1. The second-order valence-electron chi connectivity index (χ2n) is 7.19. The summed E-state index contributed by atoms with van der Waals surface area (Å²) in [6.45, 7) is 5.20. The smallest absolute Gasteiger partial charge is 0.344 e. The molecule has 0 unspecified atom stereocenters. The Labute approximate surface area is 190 Å². The number of carboxylic acid groups (broad SMARTS) is 1. The minimum Gasteiger partial charge on any atom is -0.493 e. The van der Waals surface area contributed by atoms with E-state index in [4.69, 9.17) is 26.8 Å². The first-order chi connectivity index (χ1) is 15.1. The molecule has 3 rings (SSSR count). The third-order valence-electron chi connectivity index (χ3n) is 5.07. The first-order valence-corrected chi connectivity index (χ1v) is 10.1. The summed E-state index contributed by atoms with van der Waals surface area (Å²) in [5.74, 6) is -1.79. The molecule has 2 amide bonds. The number of ether oxygens (including phenoxy) is 2. The van der Waals surface area contributed by atoms with Gasteiger partial charge in [0.05, 0.1) is 12.8 Å². The highest BCUT2D eigenvalue weighted by Gasteiger charge is 2.35. The van der Waals surface area contributed by atoms with Crippen molar-refractivity contribution >= 4 is 46.9 Å². The SMILES string of the molecule is COc1cc(/C=C2/C(=O)NC(=S)N(c3cccc(C)c3C)C2=O)ccc1O[C@@H](C)C(=O)O. The molecule has 0 radical (unpaired) electrons. The van der Waals surface area contributed by atoms with Gasteiger partial charge < -0.3 is 14.6 Å². The van der Waals surface area contributed by atoms with Gasteiger partial charge in [-0.15, -0.1) is 0 Å². The average molecular weight is 455 g/mol. The summed E-state index contributed by atoms with van der Waals surface area (Å²) in [5.41, 5.74) is 2.83. The molecule has 9 heteroatoms. The van der Waals surface area contributed by atoms with E-state index < -0.39 is 23.9 Å². The molecular formula is C23H22N2O6S. The molecule has 2 aromatic rings. The molecule has 1 aliphatic heterocycles. The summed E-state index contributed by atoms with van der Waals surface area (Å²) in [7, 11) is 1.41. The van der Waals surface area contributed by atoms with Gasteiger partial charge in [-0.05, 0) is 74.0 Å². The lowest BCUT2D eigenvalue weighted by atomic mass is 10.0. The van der Waals surface area contributed by atoms with Crippen LogP contribution < -0.4 is 19.7 Å². The van der Waals surface area contributed by atoms with Gasteiger partial charge in [0.15, 0.2) is 22.7 Å². The van der Waals surface area contributed by atoms with Crippen LogP contribution in [0.5, 0.6) is 11.5 Å².